The average Bonchev–Trinajstić information content (AvgIpc) is 2.65. The zero-order valence-corrected chi connectivity index (χ0v) is 9.41. The Kier molecular flexibility index (Phi) is 3.23. The topological polar surface area (TPSA) is 12.0 Å². The molecule has 2 aromatic rings. The van der Waals surface area contributed by atoms with Crippen LogP contribution in [0.4, 0.5) is 10.1 Å². The number of nitrogens with one attached hydrogen (secondary N) is 1. The van der Waals surface area contributed by atoms with Crippen LogP contribution in [0.3, 0.4) is 0 Å². The first kappa shape index (κ1) is 10.5. The van der Waals surface area contributed by atoms with E-state index in [4.69, 9.17) is 11.6 Å². The molecule has 15 heavy (non-hydrogen) atoms. The molecule has 0 aliphatic heterocycles. The fraction of sp³-hybridized carbons (Fsp3) is 0.0909. The van der Waals surface area contributed by atoms with Crippen molar-refractivity contribution < 1.29 is 4.39 Å². The maximum absolute atomic E-state index is 13.0. The summed E-state index contributed by atoms with van der Waals surface area (Å²) in [7, 11) is 0. The molecular weight excluding hydrogens is 233 g/mol. The molecule has 0 atom stereocenters. The molecule has 0 bridgehead atoms. The Morgan fingerprint density at radius 2 is 2.20 bits per heavy atom. The third-order valence-electron chi connectivity index (χ3n) is 1.94. The highest BCUT2D eigenvalue weighted by Crippen LogP contribution is 2.19. The molecule has 0 aliphatic carbocycles. The lowest BCUT2D eigenvalue weighted by atomic mass is 10.3. The lowest BCUT2D eigenvalue weighted by Crippen LogP contribution is -1.98. The smallest absolute Gasteiger partial charge is 0.126 e. The molecule has 0 amide bonds. The molecule has 0 radical (unpaired) electrons. The van der Waals surface area contributed by atoms with Crippen LogP contribution in [0.1, 0.15) is 5.56 Å². The minimum absolute atomic E-state index is 0.324. The summed E-state index contributed by atoms with van der Waals surface area (Å²) in [6, 6.07) is 6.45. The van der Waals surface area contributed by atoms with Crippen molar-refractivity contribution in [2.24, 2.45) is 0 Å². The van der Waals surface area contributed by atoms with E-state index in [1.54, 1.807) is 17.4 Å². The second-order valence-corrected chi connectivity index (χ2v) is 4.36. The minimum atomic E-state index is -0.324. The number of hydrogen-bond acceptors (Lipinski definition) is 2. The normalized spacial score (nSPS) is 10.3. The number of halogens is 2. The van der Waals surface area contributed by atoms with Gasteiger partial charge in [-0.25, -0.2) is 4.39 Å². The van der Waals surface area contributed by atoms with E-state index in [9.17, 15) is 4.39 Å². The van der Waals surface area contributed by atoms with Crippen molar-refractivity contribution in [1.82, 2.24) is 0 Å². The van der Waals surface area contributed by atoms with Gasteiger partial charge in [-0.1, -0.05) is 11.6 Å². The molecule has 0 spiro atoms. The van der Waals surface area contributed by atoms with E-state index in [1.807, 2.05) is 16.8 Å². The molecule has 1 N–H and O–H groups in total. The van der Waals surface area contributed by atoms with Gasteiger partial charge in [-0.2, -0.15) is 11.3 Å². The largest absolute Gasteiger partial charge is 0.381 e. The summed E-state index contributed by atoms with van der Waals surface area (Å²) in [5.74, 6) is -0.324. The van der Waals surface area contributed by atoms with Gasteiger partial charge in [0.05, 0.1) is 0 Å². The second kappa shape index (κ2) is 4.64. The lowest BCUT2D eigenvalue weighted by molar-refractivity contribution is 0.628. The number of anilines is 1. The van der Waals surface area contributed by atoms with E-state index in [0.29, 0.717) is 17.3 Å². The van der Waals surface area contributed by atoms with Crippen molar-refractivity contribution >= 4 is 28.6 Å². The summed E-state index contributed by atoms with van der Waals surface area (Å²) >= 11 is 7.37. The maximum Gasteiger partial charge on any atom is 0.126 e. The van der Waals surface area contributed by atoms with E-state index < -0.39 is 0 Å². The highest BCUT2D eigenvalue weighted by molar-refractivity contribution is 7.07. The summed E-state index contributed by atoms with van der Waals surface area (Å²) in [6.07, 6.45) is 0. The van der Waals surface area contributed by atoms with Crippen molar-refractivity contribution in [3.8, 4) is 0 Å². The SMILES string of the molecule is Fc1cc(Cl)cc(NCc2ccsc2)c1. The van der Waals surface area contributed by atoms with Gasteiger partial charge in [-0.15, -0.1) is 0 Å². The Bertz CT molecular complexity index is 422. The molecule has 0 saturated carbocycles. The summed E-state index contributed by atoms with van der Waals surface area (Å²) in [5.41, 5.74) is 1.88. The molecule has 1 aromatic carbocycles. The van der Waals surface area contributed by atoms with Crippen LogP contribution in [-0.4, -0.2) is 0 Å². The van der Waals surface area contributed by atoms with Gasteiger partial charge in [0, 0.05) is 17.3 Å². The van der Waals surface area contributed by atoms with Crippen LogP contribution in [-0.2, 0) is 6.54 Å². The van der Waals surface area contributed by atoms with Gasteiger partial charge in [0.2, 0.25) is 0 Å². The quantitative estimate of drug-likeness (QED) is 0.851. The molecule has 0 saturated heterocycles. The summed E-state index contributed by atoms with van der Waals surface area (Å²) in [4.78, 5) is 0. The first-order valence-electron chi connectivity index (χ1n) is 4.45. The highest BCUT2D eigenvalue weighted by atomic mass is 35.5. The molecule has 0 fully saturated rings. The third kappa shape index (κ3) is 2.94. The monoisotopic (exact) mass is 241 g/mol. The number of hydrogen-bond donors (Lipinski definition) is 1. The third-order valence-corrected chi connectivity index (χ3v) is 2.89. The molecule has 1 aromatic heterocycles. The fourth-order valence-electron chi connectivity index (χ4n) is 1.25. The van der Waals surface area contributed by atoms with Crippen LogP contribution in [0.2, 0.25) is 5.02 Å². The van der Waals surface area contributed by atoms with Crippen LogP contribution in [0.15, 0.2) is 35.0 Å². The minimum Gasteiger partial charge on any atom is -0.381 e. The van der Waals surface area contributed by atoms with Crippen LogP contribution in [0.25, 0.3) is 0 Å². The summed E-state index contributed by atoms with van der Waals surface area (Å²) in [6.45, 7) is 0.684. The Morgan fingerprint density at radius 3 is 2.87 bits per heavy atom. The van der Waals surface area contributed by atoms with Gasteiger partial charge < -0.3 is 5.32 Å². The molecule has 2 rings (SSSR count). The zero-order valence-electron chi connectivity index (χ0n) is 7.84. The first-order chi connectivity index (χ1) is 7.24. The van der Waals surface area contributed by atoms with E-state index in [2.05, 4.69) is 5.32 Å². The summed E-state index contributed by atoms with van der Waals surface area (Å²) in [5, 5.41) is 7.58. The van der Waals surface area contributed by atoms with Crippen LogP contribution >= 0.6 is 22.9 Å². The van der Waals surface area contributed by atoms with Gasteiger partial charge in [-0.3, -0.25) is 0 Å². The van der Waals surface area contributed by atoms with Crippen molar-refractivity contribution in [2.45, 2.75) is 6.54 Å². The van der Waals surface area contributed by atoms with Gasteiger partial charge in [0.15, 0.2) is 0 Å². The van der Waals surface area contributed by atoms with Crippen molar-refractivity contribution in [1.29, 1.82) is 0 Å². The molecule has 0 aliphatic rings. The Balaban J connectivity index is 2.05. The second-order valence-electron chi connectivity index (χ2n) is 3.14. The predicted octanol–water partition coefficient (Wildman–Crippen LogP) is 4.15. The van der Waals surface area contributed by atoms with Crippen LogP contribution in [0, 0.1) is 5.82 Å². The maximum atomic E-state index is 13.0. The van der Waals surface area contributed by atoms with E-state index in [-0.39, 0.29) is 5.82 Å². The van der Waals surface area contributed by atoms with E-state index in [0.717, 1.165) is 0 Å². The Labute approximate surface area is 96.5 Å². The van der Waals surface area contributed by atoms with Gasteiger partial charge in [-0.05, 0) is 40.6 Å². The number of rotatable bonds is 3. The van der Waals surface area contributed by atoms with Gasteiger partial charge in [0.25, 0.3) is 0 Å². The molecule has 1 nitrogen and oxygen atoms in total. The lowest BCUT2D eigenvalue weighted by Gasteiger charge is -2.05. The molecular formula is C11H9ClFNS. The average molecular weight is 242 g/mol. The standard InChI is InChI=1S/C11H9ClFNS/c12-9-3-10(13)5-11(4-9)14-6-8-1-2-15-7-8/h1-5,7,14H,6H2. The van der Waals surface area contributed by atoms with Gasteiger partial charge >= 0.3 is 0 Å². The fourth-order valence-corrected chi connectivity index (χ4v) is 2.14. The van der Waals surface area contributed by atoms with Crippen LogP contribution in [0.5, 0.6) is 0 Å². The van der Waals surface area contributed by atoms with E-state index >= 15 is 0 Å². The molecule has 0 unspecified atom stereocenters. The van der Waals surface area contributed by atoms with E-state index in [1.165, 1.54) is 17.7 Å². The molecule has 78 valence electrons. The Morgan fingerprint density at radius 1 is 1.33 bits per heavy atom. The van der Waals surface area contributed by atoms with Crippen LogP contribution < -0.4 is 5.32 Å². The first-order valence-corrected chi connectivity index (χ1v) is 5.77. The van der Waals surface area contributed by atoms with Crippen molar-refractivity contribution in [3.63, 3.8) is 0 Å². The van der Waals surface area contributed by atoms with Gasteiger partial charge in [0.1, 0.15) is 5.82 Å². The summed E-state index contributed by atoms with van der Waals surface area (Å²) < 4.78 is 13.0. The number of benzene rings is 1. The number of thiophene rings is 1. The predicted molar refractivity (Wildman–Crippen MR) is 63.1 cm³/mol. The molecule has 4 heteroatoms. The van der Waals surface area contributed by atoms with Crippen molar-refractivity contribution in [3.05, 3.63) is 51.4 Å². The highest BCUT2D eigenvalue weighted by Gasteiger charge is 1.99. The molecule has 1 heterocycles. The Hall–Kier alpha value is -1.06. The zero-order chi connectivity index (χ0) is 10.7. The van der Waals surface area contributed by atoms with Crippen molar-refractivity contribution in [2.75, 3.05) is 5.32 Å².